The lowest BCUT2D eigenvalue weighted by molar-refractivity contribution is 0.240. The van der Waals surface area contributed by atoms with Crippen molar-refractivity contribution in [2.75, 3.05) is 0 Å². The Balaban J connectivity index is 2.69. The molecule has 96 valence electrons. The second-order valence-corrected chi connectivity index (χ2v) is 6.62. The Morgan fingerprint density at radius 2 is 1.62 bits per heavy atom. The maximum absolute atomic E-state index is 4.95. The second-order valence-electron chi connectivity index (χ2n) is 6.02. The molecule has 0 aliphatic heterocycles. The van der Waals surface area contributed by atoms with Crippen molar-refractivity contribution in [3.63, 3.8) is 0 Å². The Morgan fingerprint density at radius 1 is 1.00 bits per heavy atom. The molecule has 0 heterocycles. The van der Waals surface area contributed by atoms with E-state index in [2.05, 4.69) is 27.7 Å². The Hall–Kier alpha value is 0.350. The standard InChI is InChI=1S/C15H30S/c1-5-8-14-10-7-6-9-11(2)12(3)13(4)15(14)16/h11-16H,5-10H2,1-4H3. The zero-order chi connectivity index (χ0) is 12.1. The van der Waals surface area contributed by atoms with Gasteiger partial charge in [0.15, 0.2) is 0 Å². The molecule has 0 nitrogen and oxygen atoms in total. The predicted octanol–water partition coefficient (Wildman–Crippen LogP) is 5.18. The van der Waals surface area contributed by atoms with E-state index in [0.717, 1.165) is 23.7 Å². The fraction of sp³-hybridized carbons (Fsp3) is 1.00. The van der Waals surface area contributed by atoms with Crippen LogP contribution in [0.4, 0.5) is 0 Å². The summed E-state index contributed by atoms with van der Waals surface area (Å²) in [6, 6.07) is 0. The van der Waals surface area contributed by atoms with Crippen molar-refractivity contribution in [3.05, 3.63) is 0 Å². The summed E-state index contributed by atoms with van der Waals surface area (Å²) in [7, 11) is 0. The molecule has 5 atom stereocenters. The Labute approximate surface area is 108 Å². The van der Waals surface area contributed by atoms with Gasteiger partial charge in [-0.05, 0) is 36.5 Å². The van der Waals surface area contributed by atoms with Crippen LogP contribution in [0.25, 0.3) is 0 Å². The highest BCUT2D eigenvalue weighted by Gasteiger charge is 2.30. The molecule has 0 amide bonds. The molecule has 0 aromatic heterocycles. The van der Waals surface area contributed by atoms with Crippen molar-refractivity contribution < 1.29 is 0 Å². The van der Waals surface area contributed by atoms with Crippen LogP contribution in [0.1, 0.15) is 66.2 Å². The minimum Gasteiger partial charge on any atom is -0.175 e. The first-order valence-electron chi connectivity index (χ1n) is 7.26. The lowest BCUT2D eigenvalue weighted by Crippen LogP contribution is -2.29. The quantitative estimate of drug-likeness (QED) is 0.633. The highest BCUT2D eigenvalue weighted by atomic mass is 32.1. The van der Waals surface area contributed by atoms with E-state index in [0.29, 0.717) is 5.25 Å². The monoisotopic (exact) mass is 242 g/mol. The maximum Gasteiger partial charge on any atom is 0.00733 e. The zero-order valence-corrected chi connectivity index (χ0v) is 12.5. The molecule has 1 saturated carbocycles. The fourth-order valence-corrected chi connectivity index (χ4v) is 3.82. The van der Waals surface area contributed by atoms with Crippen LogP contribution in [0.2, 0.25) is 0 Å². The van der Waals surface area contributed by atoms with Gasteiger partial charge in [0.05, 0.1) is 0 Å². The predicted molar refractivity (Wildman–Crippen MR) is 77.1 cm³/mol. The summed E-state index contributed by atoms with van der Waals surface area (Å²) in [5.41, 5.74) is 0. The topological polar surface area (TPSA) is 0 Å². The lowest BCUT2D eigenvalue weighted by atomic mass is 9.78. The highest BCUT2D eigenvalue weighted by Crippen LogP contribution is 2.37. The van der Waals surface area contributed by atoms with Gasteiger partial charge in [0.25, 0.3) is 0 Å². The third-order valence-corrected chi connectivity index (χ3v) is 5.78. The summed E-state index contributed by atoms with van der Waals surface area (Å²) in [6.45, 7) is 9.60. The maximum atomic E-state index is 4.95. The number of thiol groups is 1. The molecule has 0 spiro atoms. The smallest absolute Gasteiger partial charge is 0.00733 e. The molecule has 5 unspecified atom stereocenters. The van der Waals surface area contributed by atoms with Gasteiger partial charge in [0, 0.05) is 5.25 Å². The molecular weight excluding hydrogens is 212 g/mol. The highest BCUT2D eigenvalue weighted by molar-refractivity contribution is 7.81. The van der Waals surface area contributed by atoms with Gasteiger partial charge in [-0.2, -0.15) is 12.6 Å². The van der Waals surface area contributed by atoms with E-state index in [4.69, 9.17) is 12.6 Å². The molecule has 0 N–H and O–H groups in total. The van der Waals surface area contributed by atoms with Gasteiger partial charge in [-0.3, -0.25) is 0 Å². The van der Waals surface area contributed by atoms with Crippen molar-refractivity contribution in [1.82, 2.24) is 0 Å². The summed E-state index contributed by atoms with van der Waals surface area (Å²) >= 11 is 4.95. The number of hydrogen-bond acceptors (Lipinski definition) is 1. The molecule has 0 bridgehead atoms. The first kappa shape index (κ1) is 14.4. The van der Waals surface area contributed by atoms with E-state index in [1.165, 1.54) is 38.5 Å². The van der Waals surface area contributed by atoms with Gasteiger partial charge >= 0.3 is 0 Å². The van der Waals surface area contributed by atoms with E-state index in [9.17, 15) is 0 Å². The Morgan fingerprint density at radius 3 is 2.25 bits per heavy atom. The third-order valence-electron chi connectivity index (χ3n) is 4.89. The van der Waals surface area contributed by atoms with E-state index in [-0.39, 0.29) is 0 Å². The number of hydrogen-bond donors (Lipinski definition) is 1. The first-order chi connectivity index (χ1) is 7.57. The van der Waals surface area contributed by atoms with Gasteiger partial charge in [0.2, 0.25) is 0 Å². The summed E-state index contributed by atoms with van der Waals surface area (Å²) < 4.78 is 0. The van der Waals surface area contributed by atoms with E-state index < -0.39 is 0 Å². The molecule has 0 aromatic rings. The van der Waals surface area contributed by atoms with Crippen LogP contribution in [0.3, 0.4) is 0 Å². The van der Waals surface area contributed by atoms with Crippen LogP contribution in [-0.4, -0.2) is 5.25 Å². The van der Waals surface area contributed by atoms with Crippen LogP contribution < -0.4 is 0 Å². The lowest BCUT2D eigenvalue weighted by Gasteiger charge is -2.33. The van der Waals surface area contributed by atoms with Gasteiger partial charge in [-0.1, -0.05) is 53.4 Å². The molecule has 1 aliphatic rings. The largest absolute Gasteiger partial charge is 0.175 e. The van der Waals surface area contributed by atoms with Gasteiger partial charge < -0.3 is 0 Å². The molecule has 16 heavy (non-hydrogen) atoms. The van der Waals surface area contributed by atoms with Crippen LogP contribution in [0, 0.1) is 23.7 Å². The minimum absolute atomic E-state index is 0.621. The average molecular weight is 242 g/mol. The van der Waals surface area contributed by atoms with E-state index in [1.54, 1.807) is 0 Å². The molecule has 0 aromatic carbocycles. The van der Waals surface area contributed by atoms with Gasteiger partial charge in [0.1, 0.15) is 0 Å². The molecule has 0 saturated heterocycles. The minimum atomic E-state index is 0.621. The molecule has 0 radical (unpaired) electrons. The van der Waals surface area contributed by atoms with Crippen molar-refractivity contribution in [3.8, 4) is 0 Å². The Kier molecular flexibility index (Phi) is 6.25. The summed E-state index contributed by atoms with van der Waals surface area (Å²) in [5.74, 6) is 3.34. The molecular formula is C15H30S. The second kappa shape index (κ2) is 6.93. The third kappa shape index (κ3) is 3.68. The average Bonchev–Trinajstić information content (AvgIpc) is 2.32. The normalized spacial score (nSPS) is 42.2. The van der Waals surface area contributed by atoms with Gasteiger partial charge in [-0.15, -0.1) is 0 Å². The van der Waals surface area contributed by atoms with Crippen LogP contribution in [-0.2, 0) is 0 Å². The Bertz CT molecular complexity index is 188. The van der Waals surface area contributed by atoms with Crippen molar-refractivity contribution >= 4 is 12.6 Å². The van der Waals surface area contributed by atoms with Crippen LogP contribution >= 0.6 is 12.6 Å². The van der Waals surface area contributed by atoms with E-state index >= 15 is 0 Å². The summed E-state index contributed by atoms with van der Waals surface area (Å²) in [6.07, 6.45) is 8.37. The first-order valence-corrected chi connectivity index (χ1v) is 7.77. The molecule has 1 fully saturated rings. The molecule has 1 rings (SSSR count). The SMILES string of the molecule is CCCC1CCCCC(C)C(C)C(C)C1S. The summed E-state index contributed by atoms with van der Waals surface area (Å²) in [4.78, 5) is 0. The molecule has 1 aliphatic carbocycles. The van der Waals surface area contributed by atoms with Crippen LogP contribution in [0.15, 0.2) is 0 Å². The van der Waals surface area contributed by atoms with E-state index in [1.807, 2.05) is 0 Å². The zero-order valence-electron chi connectivity index (χ0n) is 11.6. The van der Waals surface area contributed by atoms with Crippen molar-refractivity contribution in [1.29, 1.82) is 0 Å². The molecule has 1 heteroatoms. The van der Waals surface area contributed by atoms with Gasteiger partial charge in [-0.25, -0.2) is 0 Å². The fourth-order valence-electron chi connectivity index (χ4n) is 3.25. The summed E-state index contributed by atoms with van der Waals surface area (Å²) in [5, 5.41) is 0.621. The van der Waals surface area contributed by atoms with Crippen molar-refractivity contribution in [2.45, 2.75) is 71.5 Å². The van der Waals surface area contributed by atoms with Crippen LogP contribution in [0.5, 0.6) is 0 Å². The number of rotatable bonds is 2. The van der Waals surface area contributed by atoms with Crippen molar-refractivity contribution in [2.24, 2.45) is 23.7 Å².